The monoisotopic (exact) mass is 423 g/mol. The predicted molar refractivity (Wildman–Crippen MR) is 128 cm³/mol. The van der Waals surface area contributed by atoms with Crippen LogP contribution >= 0.6 is 0 Å². The number of hydrogen-bond acceptors (Lipinski definition) is 4. The van der Waals surface area contributed by atoms with Gasteiger partial charge in [0.05, 0.1) is 13.7 Å². The van der Waals surface area contributed by atoms with E-state index in [1.165, 1.54) is 16.8 Å². The van der Waals surface area contributed by atoms with Crippen LogP contribution in [-0.2, 0) is 11.2 Å². The second kappa shape index (κ2) is 11.2. The molecule has 0 spiro atoms. The van der Waals surface area contributed by atoms with Crippen molar-refractivity contribution in [3.05, 3.63) is 59.7 Å². The third-order valence-corrected chi connectivity index (χ3v) is 6.09. The Morgan fingerprint density at radius 2 is 1.65 bits per heavy atom. The smallest absolute Gasteiger partial charge is 0.236 e. The lowest BCUT2D eigenvalue weighted by molar-refractivity contribution is -0.130. The molecule has 5 heteroatoms. The highest BCUT2D eigenvalue weighted by Gasteiger charge is 2.23. The van der Waals surface area contributed by atoms with Crippen LogP contribution in [0.15, 0.2) is 48.5 Å². The molecule has 1 atom stereocenters. The summed E-state index contributed by atoms with van der Waals surface area (Å²) in [5.41, 5.74) is 3.81. The third-order valence-electron chi connectivity index (χ3n) is 6.09. The van der Waals surface area contributed by atoms with E-state index in [1.54, 1.807) is 7.11 Å². The van der Waals surface area contributed by atoms with Gasteiger partial charge in [0, 0.05) is 37.9 Å². The summed E-state index contributed by atoms with van der Waals surface area (Å²) in [4.78, 5) is 17.2. The number of nitrogens with zero attached hydrogens (tertiary/aromatic N) is 2. The molecule has 0 aromatic heterocycles. The van der Waals surface area contributed by atoms with Gasteiger partial charge in [0.15, 0.2) is 0 Å². The fourth-order valence-electron chi connectivity index (χ4n) is 4.23. The molecule has 0 bridgehead atoms. The van der Waals surface area contributed by atoms with Crippen molar-refractivity contribution in [2.75, 3.05) is 44.7 Å². The first-order valence-corrected chi connectivity index (χ1v) is 11.5. The zero-order valence-electron chi connectivity index (χ0n) is 19.4. The Hall–Kier alpha value is -2.53. The van der Waals surface area contributed by atoms with Crippen LogP contribution in [0.1, 0.15) is 44.4 Å². The van der Waals surface area contributed by atoms with Crippen LogP contribution in [0.5, 0.6) is 5.75 Å². The molecule has 31 heavy (non-hydrogen) atoms. The van der Waals surface area contributed by atoms with E-state index in [2.05, 4.69) is 67.4 Å². The van der Waals surface area contributed by atoms with Crippen molar-refractivity contribution in [2.24, 2.45) is 5.92 Å². The van der Waals surface area contributed by atoms with E-state index in [1.807, 2.05) is 17.0 Å². The van der Waals surface area contributed by atoms with Crippen molar-refractivity contribution in [3.63, 3.8) is 0 Å². The van der Waals surface area contributed by atoms with Crippen LogP contribution in [-0.4, -0.2) is 50.6 Å². The second-order valence-electron chi connectivity index (χ2n) is 8.66. The van der Waals surface area contributed by atoms with Crippen LogP contribution in [0.25, 0.3) is 0 Å². The molecule has 168 valence electrons. The molecule has 0 aliphatic carbocycles. The summed E-state index contributed by atoms with van der Waals surface area (Å²) in [6, 6.07) is 17.2. The molecule has 1 saturated heterocycles. The van der Waals surface area contributed by atoms with Gasteiger partial charge in [0.25, 0.3) is 0 Å². The number of methoxy groups -OCH3 is 1. The molecule has 0 radical (unpaired) electrons. The van der Waals surface area contributed by atoms with E-state index in [-0.39, 0.29) is 11.9 Å². The number of hydrogen-bond donors (Lipinski definition) is 1. The van der Waals surface area contributed by atoms with Crippen molar-refractivity contribution in [1.29, 1.82) is 0 Å². The van der Waals surface area contributed by atoms with Crippen LogP contribution in [0.2, 0.25) is 0 Å². The number of ether oxygens (including phenoxy) is 1. The predicted octanol–water partition coefficient (Wildman–Crippen LogP) is 4.28. The molecule has 1 heterocycles. The van der Waals surface area contributed by atoms with Gasteiger partial charge in [-0.05, 0) is 47.7 Å². The average Bonchev–Trinajstić information content (AvgIpc) is 2.80. The molecule has 0 saturated carbocycles. The lowest BCUT2D eigenvalue weighted by Crippen LogP contribution is -2.51. The summed E-state index contributed by atoms with van der Waals surface area (Å²) in [6.07, 6.45) is 2.27. The zero-order chi connectivity index (χ0) is 22.2. The Bertz CT molecular complexity index is 810. The quantitative estimate of drug-likeness (QED) is 0.654. The lowest BCUT2D eigenvalue weighted by Gasteiger charge is -2.36. The summed E-state index contributed by atoms with van der Waals surface area (Å²) in [6.45, 7) is 10.2. The first-order chi connectivity index (χ1) is 15.0. The Kier molecular flexibility index (Phi) is 8.35. The zero-order valence-corrected chi connectivity index (χ0v) is 19.4. The third kappa shape index (κ3) is 6.23. The first-order valence-electron chi connectivity index (χ1n) is 11.5. The van der Waals surface area contributed by atoms with Crippen molar-refractivity contribution in [3.8, 4) is 5.75 Å². The summed E-state index contributed by atoms with van der Waals surface area (Å²) < 4.78 is 5.24. The maximum Gasteiger partial charge on any atom is 0.236 e. The molecule has 2 aromatic rings. The van der Waals surface area contributed by atoms with E-state index in [0.29, 0.717) is 12.5 Å². The largest absolute Gasteiger partial charge is 0.497 e. The molecule has 1 aliphatic heterocycles. The minimum absolute atomic E-state index is 0.181. The van der Waals surface area contributed by atoms with Gasteiger partial charge in [-0.3, -0.25) is 4.79 Å². The molecule has 1 fully saturated rings. The van der Waals surface area contributed by atoms with Gasteiger partial charge in [-0.25, -0.2) is 0 Å². The van der Waals surface area contributed by atoms with Gasteiger partial charge in [-0.15, -0.1) is 0 Å². The van der Waals surface area contributed by atoms with Crippen molar-refractivity contribution in [1.82, 2.24) is 10.2 Å². The van der Waals surface area contributed by atoms with Gasteiger partial charge in [0.2, 0.25) is 5.91 Å². The van der Waals surface area contributed by atoms with Crippen LogP contribution in [0.3, 0.4) is 0 Å². The highest BCUT2D eigenvalue weighted by molar-refractivity contribution is 5.78. The van der Waals surface area contributed by atoms with Crippen LogP contribution < -0.4 is 15.0 Å². The molecular weight excluding hydrogens is 386 g/mol. The van der Waals surface area contributed by atoms with Crippen molar-refractivity contribution >= 4 is 11.6 Å². The van der Waals surface area contributed by atoms with E-state index in [9.17, 15) is 4.79 Å². The minimum atomic E-state index is 0.181. The number of piperazine rings is 1. The Balaban J connectivity index is 1.51. The molecule has 3 rings (SSSR count). The van der Waals surface area contributed by atoms with E-state index in [4.69, 9.17) is 4.74 Å². The van der Waals surface area contributed by atoms with Crippen molar-refractivity contribution in [2.45, 2.75) is 39.7 Å². The molecule has 1 aliphatic rings. The van der Waals surface area contributed by atoms with Gasteiger partial charge in [0.1, 0.15) is 5.75 Å². The number of carbonyl (C=O) groups excluding carboxylic acids is 1. The summed E-state index contributed by atoms with van der Waals surface area (Å²) in [5, 5.41) is 3.52. The van der Waals surface area contributed by atoms with Crippen LogP contribution in [0, 0.1) is 5.92 Å². The highest BCUT2D eigenvalue weighted by Crippen LogP contribution is 2.23. The van der Waals surface area contributed by atoms with Gasteiger partial charge < -0.3 is 19.9 Å². The molecule has 1 amide bonds. The van der Waals surface area contributed by atoms with Gasteiger partial charge in [-0.1, -0.05) is 51.5 Å². The lowest BCUT2D eigenvalue weighted by atomic mass is 9.94. The molecule has 2 aromatic carbocycles. The highest BCUT2D eigenvalue weighted by atomic mass is 16.5. The molecular formula is C26H37N3O2. The normalized spacial score (nSPS) is 15.3. The molecule has 1 N–H and O–H groups in total. The fraction of sp³-hybridized carbons (Fsp3) is 0.500. The summed E-state index contributed by atoms with van der Waals surface area (Å²) in [5.74, 6) is 1.46. The fourth-order valence-corrected chi connectivity index (χ4v) is 4.23. The van der Waals surface area contributed by atoms with Crippen molar-refractivity contribution < 1.29 is 9.53 Å². The van der Waals surface area contributed by atoms with Gasteiger partial charge in [-0.2, -0.15) is 0 Å². The Morgan fingerprint density at radius 1 is 1.00 bits per heavy atom. The topological polar surface area (TPSA) is 44.8 Å². The van der Waals surface area contributed by atoms with E-state index < -0.39 is 0 Å². The number of benzene rings is 2. The maximum absolute atomic E-state index is 12.9. The first kappa shape index (κ1) is 23.1. The summed E-state index contributed by atoms with van der Waals surface area (Å²) in [7, 11) is 1.68. The SMILES string of the molecule is CCCc1ccc([C@H](NCC(=O)N2CCN(c3ccc(OC)cc3)CC2)C(C)C)cc1. The number of rotatable bonds is 9. The van der Waals surface area contributed by atoms with E-state index in [0.717, 1.165) is 44.8 Å². The average molecular weight is 424 g/mol. The Labute approximate surface area is 187 Å². The van der Waals surface area contributed by atoms with E-state index >= 15 is 0 Å². The van der Waals surface area contributed by atoms with Gasteiger partial charge >= 0.3 is 0 Å². The second-order valence-corrected chi connectivity index (χ2v) is 8.66. The number of anilines is 1. The molecule has 0 unspecified atom stereocenters. The standard InChI is InChI=1S/C26H37N3O2/c1-5-6-21-7-9-22(10-8-21)26(20(2)3)27-19-25(30)29-17-15-28(16-18-29)23-11-13-24(31-4)14-12-23/h7-14,20,26-27H,5-6,15-19H2,1-4H3/t26-/m1/s1. The number of amides is 1. The maximum atomic E-state index is 12.9. The molecule has 5 nitrogen and oxygen atoms in total. The van der Waals surface area contributed by atoms with Crippen LogP contribution in [0.4, 0.5) is 5.69 Å². The number of carbonyl (C=O) groups is 1. The minimum Gasteiger partial charge on any atom is -0.497 e. The summed E-state index contributed by atoms with van der Waals surface area (Å²) >= 11 is 0. The Morgan fingerprint density at radius 3 is 2.19 bits per heavy atom. The number of nitrogens with one attached hydrogen (secondary N) is 1. The number of aryl methyl sites for hydroxylation is 1.